The number of hydrogen-bond donors (Lipinski definition) is 2. The van der Waals surface area contributed by atoms with E-state index in [1.54, 1.807) is 0 Å². The van der Waals surface area contributed by atoms with Gasteiger partial charge in [-0.1, -0.05) is 13.8 Å². The zero-order valence-electron chi connectivity index (χ0n) is 12.1. The van der Waals surface area contributed by atoms with Gasteiger partial charge in [0.2, 0.25) is 0 Å². The molecule has 106 valence electrons. The van der Waals surface area contributed by atoms with Gasteiger partial charge in [0.05, 0.1) is 23.5 Å². The predicted octanol–water partition coefficient (Wildman–Crippen LogP) is 1.39. The normalized spacial score (nSPS) is 22.7. The summed E-state index contributed by atoms with van der Waals surface area (Å²) in [5, 5.41) is 6.87. The van der Waals surface area contributed by atoms with Gasteiger partial charge in [0.25, 0.3) is 0 Å². The highest BCUT2D eigenvalue weighted by atomic mass is 16.5. The number of anilines is 1. The maximum absolute atomic E-state index is 5.74. The van der Waals surface area contributed by atoms with Crippen LogP contribution < -0.4 is 10.6 Å². The summed E-state index contributed by atoms with van der Waals surface area (Å²) in [6.07, 6.45) is 3.88. The van der Waals surface area contributed by atoms with Crippen molar-refractivity contribution in [3.63, 3.8) is 0 Å². The van der Waals surface area contributed by atoms with Crippen LogP contribution in [-0.2, 0) is 17.6 Å². The highest BCUT2D eigenvalue weighted by molar-refractivity contribution is 5.42. The van der Waals surface area contributed by atoms with Gasteiger partial charge in [-0.15, -0.1) is 0 Å². The van der Waals surface area contributed by atoms with E-state index in [0.29, 0.717) is 0 Å². The first-order valence-corrected chi connectivity index (χ1v) is 7.22. The molecule has 0 aliphatic carbocycles. The summed E-state index contributed by atoms with van der Waals surface area (Å²) < 4.78 is 5.74. The molecule has 5 heteroatoms. The summed E-state index contributed by atoms with van der Waals surface area (Å²) >= 11 is 0. The molecule has 1 aromatic heterocycles. The molecule has 5 nitrogen and oxygen atoms in total. The van der Waals surface area contributed by atoms with Crippen molar-refractivity contribution < 1.29 is 4.74 Å². The van der Waals surface area contributed by atoms with Crippen LogP contribution in [-0.4, -0.2) is 41.8 Å². The molecule has 0 saturated carbocycles. The molecular weight excluding hydrogens is 240 g/mol. The molecule has 0 unspecified atom stereocenters. The highest BCUT2D eigenvalue weighted by Gasteiger charge is 2.28. The second-order valence-electron chi connectivity index (χ2n) is 4.77. The Bertz CT molecular complexity index is 410. The van der Waals surface area contributed by atoms with Crippen LogP contribution in [0, 0.1) is 0 Å². The van der Waals surface area contributed by atoms with E-state index in [1.165, 1.54) is 0 Å². The summed E-state index contributed by atoms with van der Waals surface area (Å²) in [6, 6.07) is 0.270. The highest BCUT2D eigenvalue weighted by Crippen LogP contribution is 2.16. The van der Waals surface area contributed by atoms with Crippen molar-refractivity contribution in [2.45, 2.75) is 45.8 Å². The Morgan fingerprint density at radius 2 is 2.16 bits per heavy atom. The average molecular weight is 264 g/mol. The van der Waals surface area contributed by atoms with Gasteiger partial charge in [-0.3, -0.25) is 4.98 Å². The largest absolute Gasteiger partial charge is 0.375 e. The molecule has 2 rings (SSSR count). The summed E-state index contributed by atoms with van der Waals surface area (Å²) in [7, 11) is 0. The van der Waals surface area contributed by atoms with Gasteiger partial charge in [0.1, 0.15) is 5.82 Å². The Hall–Kier alpha value is -1.20. The predicted molar refractivity (Wildman–Crippen MR) is 76.5 cm³/mol. The Morgan fingerprint density at radius 3 is 2.84 bits per heavy atom. The Balaban J connectivity index is 2.12. The monoisotopic (exact) mass is 264 g/mol. The van der Waals surface area contributed by atoms with Crippen molar-refractivity contribution in [3.05, 3.63) is 17.6 Å². The van der Waals surface area contributed by atoms with E-state index in [1.807, 2.05) is 13.1 Å². The van der Waals surface area contributed by atoms with Crippen molar-refractivity contribution in [3.8, 4) is 0 Å². The summed E-state index contributed by atoms with van der Waals surface area (Å²) in [5.41, 5.74) is 2.05. The SMILES string of the molecule is CCO[C@H]1CNC[C@H]1Nc1nc(CC)cnc1CC. The molecule has 1 aliphatic heterocycles. The molecule has 0 spiro atoms. The number of nitrogens with one attached hydrogen (secondary N) is 2. The summed E-state index contributed by atoms with van der Waals surface area (Å²) in [4.78, 5) is 9.16. The topological polar surface area (TPSA) is 59.1 Å². The fourth-order valence-corrected chi connectivity index (χ4v) is 2.36. The van der Waals surface area contributed by atoms with E-state index in [-0.39, 0.29) is 12.1 Å². The number of aromatic nitrogens is 2. The second kappa shape index (κ2) is 6.82. The number of rotatable bonds is 6. The summed E-state index contributed by atoms with van der Waals surface area (Å²) in [6.45, 7) is 8.78. The fourth-order valence-electron chi connectivity index (χ4n) is 2.36. The molecule has 1 aliphatic rings. The fraction of sp³-hybridized carbons (Fsp3) is 0.714. The molecule has 1 aromatic rings. The van der Waals surface area contributed by atoms with Gasteiger partial charge in [0, 0.05) is 25.9 Å². The van der Waals surface area contributed by atoms with E-state index < -0.39 is 0 Å². The maximum Gasteiger partial charge on any atom is 0.148 e. The third-order valence-electron chi connectivity index (χ3n) is 3.46. The van der Waals surface area contributed by atoms with Crippen LogP contribution >= 0.6 is 0 Å². The zero-order chi connectivity index (χ0) is 13.7. The van der Waals surface area contributed by atoms with Crippen LogP contribution in [0.25, 0.3) is 0 Å². The number of aryl methyl sites for hydroxylation is 2. The van der Waals surface area contributed by atoms with E-state index in [0.717, 1.165) is 49.7 Å². The molecule has 0 amide bonds. The minimum absolute atomic E-state index is 0.210. The molecule has 2 atom stereocenters. The smallest absolute Gasteiger partial charge is 0.148 e. The molecule has 0 aromatic carbocycles. The minimum atomic E-state index is 0.210. The van der Waals surface area contributed by atoms with Crippen LogP contribution in [0.2, 0.25) is 0 Å². The lowest BCUT2D eigenvalue weighted by molar-refractivity contribution is 0.0709. The van der Waals surface area contributed by atoms with Crippen LogP contribution in [0.4, 0.5) is 5.82 Å². The van der Waals surface area contributed by atoms with Gasteiger partial charge in [-0.25, -0.2) is 4.98 Å². The van der Waals surface area contributed by atoms with Gasteiger partial charge < -0.3 is 15.4 Å². The standard InChI is InChI=1S/C14H24N4O/c1-4-10-7-16-11(5-2)14(17-10)18-12-8-15-9-13(12)19-6-3/h7,12-13,15H,4-6,8-9H2,1-3H3,(H,17,18)/t12-,13+/m1/s1. The quantitative estimate of drug-likeness (QED) is 0.813. The lowest BCUT2D eigenvalue weighted by atomic mass is 10.2. The molecule has 1 fully saturated rings. The Kier molecular flexibility index (Phi) is 5.10. The van der Waals surface area contributed by atoms with Crippen LogP contribution in [0.3, 0.4) is 0 Å². The third kappa shape index (κ3) is 3.42. The number of hydrogen-bond acceptors (Lipinski definition) is 5. The molecule has 2 heterocycles. The second-order valence-corrected chi connectivity index (χ2v) is 4.77. The molecule has 2 N–H and O–H groups in total. The van der Waals surface area contributed by atoms with Crippen molar-refractivity contribution in [2.75, 3.05) is 25.0 Å². The van der Waals surface area contributed by atoms with Crippen molar-refractivity contribution in [1.82, 2.24) is 15.3 Å². The lowest BCUT2D eigenvalue weighted by Crippen LogP contribution is -2.35. The van der Waals surface area contributed by atoms with E-state index in [4.69, 9.17) is 4.74 Å². The Labute approximate surface area is 115 Å². The molecule has 0 bridgehead atoms. The van der Waals surface area contributed by atoms with Crippen molar-refractivity contribution in [1.29, 1.82) is 0 Å². The van der Waals surface area contributed by atoms with E-state index in [9.17, 15) is 0 Å². The summed E-state index contributed by atoms with van der Waals surface area (Å²) in [5.74, 6) is 0.917. The van der Waals surface area contributed by atoms with Crippen molar-refractivity contribution >= 4 is 5.82 Å². The number of nitrogens with zero attached hydrogens (tertiary/aromatic N) is 2. The van der Waals surface area contributed by atoms with Gasteiger partial charge in [0.15, 0.2) is 0 Å². The van der Waals surface area contributed by atoms with Gasteiger partial charge in [-0.2, -0.15) is 0 Å². The third-order valence-corrected chi connectivity index (χ3v) is 3.46. The van der Waals surface area contributed by atoms with Crippen LogP contribution in [0.5, 0.6) is 0 Å². The zero-order valence-corrected chi connectivity index (χ0v) is 12.1. The van der Waals surface area contributed by atoms with Gasteiger partial charge in [-0.05, 0) is 19.8 Å². The van der Waals surface area contributed by atoms with Crippen LogP contribution in [0.15, 0.2) is 6.20 Å². The average Bonchev–Trinajstić information content (AvgIpc) is 2.86. The number of ether oxygens (including phenoxy) is 1. The lowest BCUT2D eigenvalue weighted by Gasteiger charge is -2.21. The first-order valence-electron chi connectivity index (χ1n) is 7.22. The first kappa shape index (κ1) is 14.2. The molecule has 0 radical (unpaired) electrons. The van der Waals surface area contributed by atoms with Gasteiger partial charge >= 0.3 is 0 Å². The maximum atomic E-state index is 5.74. The molecular formula is C14H24N4O. The Morgan fingerprint density at radius 1 is 1.32 bits per heavy atom. The van der Waals surface area contributed by atoms with E-state index >= 15 is 0 Å². The molecule has 19 heavy (non-hydrogen) atoms. The van der Waals surface area contributed by atoms with Crippen LogP contribution in [0.1, 0.15) is 32.2 Å². The first-order chi connectivity index (χ1) is 9.28. The van der Waals surface area contributed by atoms with Crippen molar-refractivity contribution in [2.24, 2.45) is 0 Å². The minimum Gasteiger partial charge on any atom is -0.375 e. The molecule has 1 saturated heterocycles. The van der Waals surface area contributed by atoms with E-state index in [2.05, 4.69) is 34.4 Å².